The molecule has 1 aromatic rings. The van der Waals surface area contributed by atoms with Crippen LogP contribution in [0.1, 0.15) is 31.4 Å². The Hall–Kier alpha value is -1.53. The number of nitriles is 1. The highest BCUT2D eigenvalue weighted by molar-refractivity contribution is 5.60. The molecule has 1 heterocycles. The van der Waals surface area contributed by atoms with E-state index < -0.39 is 0 Å². The molecule has 1 fully saturated rings. The molecule has 0 aromatic heterocycles. The van der Waals surface area contributed by atoms with E-state index in [1.54, 1.807) is 0 Å². The van der Waals surface area contributed by atoms with Crippen LogP contribution in [-0.4, -0.2) is 25.2 Å². The number of para-hydroxylation sites is 1. The van der Waals surface area contributed by atoms with Crippen LogP contribution in [0.5, 0.6) is 0 Å². The molecule has 0 saturated carbocycles. The number of nitrogens with zero attached hydrogens (tertiary/aromatic N) is 2. The highest BCUT2D eigenvalue weighted by atomic mass is 15.2. The third-order valence-electron chi connectivity index (χ3n) is 3.93. The lowest BCUT2D eigenvalue weighted by atomic mass is 9.99. The fourth-order valence-electron chi connectivity index (χ4n) is 2.93. The maximum atomic E-state index is 9.04. The van der Waals surface area contributed by atoms with Gasteiger partial charge in [-0.1, -0.05) is 25.1 Å². The van der Waals surface area contributed by atoms with E-state index in [4.69, 9.17) is 5.26 Å². The normalized spacial score (nSPS) is 23.2. The van der Waals surface area contributed by atoms with Crippen molar-refractivity contribution in [1.29, 1.82) is 5.26 Å². The molecule has 0 spiro atoms. The fourth-order valence-corrected chi connectivity index (χ4v) is 2.93. The van der Waals surface area contributed by atoms with Crippen molar-refractivity contribution in [2.45, 2.75) is 45.7 Å². The van der Waals surface area contributed by atoms with Gasteiger partial charge in [-0.25, -0.2) is 0 Å². The number of piperazine rings is 1. The summed E-state index contributed by atoms with van der Waals surface area (Å²) in [5, 5.41) is 12.5. The second-order valence-corrected chi connectivity index (χ2v) is 5.41. The van der Waals surface area contributed by atoms with Gasteiger partial charge in [0, 0.05) is 24.8 Å². The van der Waals surface area contributed by atoms with Crippen molar-refractivity contribution in [1.82, 2.24) is 5.32 Å². The van der Waals surface area contributed by atoms with Gasteiger partial charge in [0.2, 0.25) is 0 Å². The minimum absolute atomic E-state index is 0.285. The lowest BCUT2D eigenvalue weighted by molar-refractivity contribution is 0.411. The van der Waals surface area contributed by atoms with Gasteiger partial charge < -0.3 is 10.2 Å². The van der Waals surface area contributed by atoms with Gasteiger partial charge in [0.15, 0.2) is 0 Å². The van der Waals surface area contributed by atoms with Gasteiger partial charge in [-0.2, -0.15) is 5.26 Å². The largest absolute Gasteiger partial charge is 0.364 e. The summed E-state index contributed by atoms with van der Waals surface area (Å²) in [7, 11) is 0. The van der Waals surface area contributed by atoms with Crippen molar-refractivity contribution in [2.24, 2.45) is 0 Å². The molecule has 2 atom stereocenters. The van der Waals surface area contributed by atoms with Gasteiger partial charge in [0.1, 0.15) is 0 Å². The van der Waals surface area contributed by atoms with Crippen LogP contribution in [0.15, 0.2) is 18.2 Å². The van der Waals surface area contributed by atoms with Gasteiger partial charge in [0.25, 0.3) is 0 Å². The zero-order chi connectivity index (χ0) is 13.8. The van der Waals surface area contributed by atoms with Crippen LogP contribution in [0.4, 0.5) is 5.69 Å². The Morgan fingerprint density at radius 1 is 1.47 bits per heavy atom. The lowest BCUT2D eigenvalue weighted by Crippen LogP contribution is -2.56. The molecule has 2 rings (SSSR count). The molecule has 0 aliphatic carbocycles. The first kappa shape index (κ1) is 13.9. The summed E-state index contributed by atoms with van der Waals surface area (Å²) in [5.41, 5.74) is 4.05. The molecule has 19 heavy (non-hydrogen) atoms. The number of rotatable bonds is 3. The molecule has 102 valence electrons. The summed E-state index contributed by atoms with van der Waals surface area (Å²) in [6, 6.07) is 9.59. The van der Waals surface area contributed by atoms with Crippen LogP contribution in [0.25, 0.3) is 0 Å². The second-order valence-electron chi connectivity index (χ2n) is 5.41. The standard InChI is InChI=1S/C16H23N3/c1-4-14-7-5-6-12(2)16(14)19-11-13(3)18-10-15(19)8-9-17/h5-7,13,15,18H,4,8,10-11H2,1-3H3. The van der Waals surface area contributed by atoms with E-state index >= 15 is 0 Å². The lowest BCUT2D eigenvalue weighted by Gasteiger charge is -2.41. The molecule has 0 amide bonds. The van der Waals surface area contributed by atoms with E-state index in [2.05, 4.69) is 55.3 Å². The molecular weight excluding hydrogens is 234 g/mol. The van der Waals surface area contributed by atoms with Gasteiger partial charge in [0.05, 0.1) is 18.5 Å². The third kappa shape index (κ3) is 2.90. The highest BCUT2D eigenvalue weighted by Crippen LogP contribution is 2.29. The molecule has 2 unspecified atom stereocenters. The topological polar surface area (TPSA) is 39.1 Å². The molecule has 1 N–H and O–H groups in total. The monoisotopic (exact) mass is 257 g/mol. The minimum Gasteiger partial charge on any atom is -0.364 e. The number of nitrogens with one attached hydrogen (secondary N) is 1. The summed E-state index contributed by atoms with van der Waals surface area (Å²) in [6.07, 6.45) is 1.62. The molecule has 3 heteroatoms. The van der Waals surface area contributed by atoms with Crippen molar-refractivity contribution in [3.05, 3.63) is 29.3 Å². The molecule has 1 saturated heterocycles. The first-order valence-electron chi connectivity index (χ1n) is 7.12. The van der Waals surface area contributed by atoms with Crippen molar-refractivity contribution >= 4 is 5.69 Å². The van der Waals surface area contributed by atoms with E-state index in [-0.39, 0.29) is 6.04 Å². The third-order valence-corrected chi connectivity index (χ3v) is 3.93. The van der Waals surface area contributed by atoms with Crippen LogP contribution >= 0.6 is 0 Å². The molecular formula is C16H23N3. The Balaban J connectivity index is 2.39. The zero-order valence-electron chi connectivity index (χ0n) is 12.1. The average Bonchev–Trinajstić information content (AvgIpc) is 2.41. The number of aryl methyl sites for hydroxylation is 2. The van der Waals surface area contributed by atoms with E-state index in [0.717, 1.165) is 19.5 Å². The summed E-state index contributed by atoms with van der Waals surface area (Å²) in [4.78, 5) is 2.44. The van der Waals surface area contributed by atoms with Crippen LogP contribution in [0.2, 0.25) is 0 Å². The van der Waals surface area contributed by atoms with Gasteiger partial charge in [-0.3, -0.25) is 0 Å². The minimum atomic E-state index is 0.285. The van der Waals surface area contributed by atoms with Crippen LogP contribution in [-0.2, 0) is 6.42 Å². The summed E-state index contributed by atoms with van der Waals surface area (Å²) in [5.74, 6) is 0. The van der Waals surface area contributed by atoms with Crippen LogP contribution in [0, 0.1) is 18.3 Å². The second kappa shape index (κ2) is 6.08. The Labute approximate surface area is 116 Å². The Bertz CT molecular complexity index is 475. The SMILES string of the molecule is CCc1cccc(C)c1N1CC(C)NCC1CC#N. The predicted molar refractivity (Wildman–Crippen MR) is 79.4 cm³/mol. The van der Waals surface area contributed by atoms with Crippen molar-refractivity contribution in [3.8, 4) is 6.07 Å². The van der Waals surface area contributed by atoms with Gasteiger partial charge in [-0.05, 0) is 31.4 Å². The summed E-state index contributed by atoms with van der Waals surface area (Å²) < 4.78 is 0. The Morgan fingerprint density at radius 2 is 2.26 bits per heavy atom. The van der Waals surface area contributed by atoms with Crippen molar-refractivity contribution in [3.63, 3.8) is 0 Å². The van der Waals surface area contributed by atoms with E-state index in [0.29, 0.717) is 12.5 Å². The van der Waals surface area contributed by atoms with Gasteiger partial charge in [-0.15, -0.1) is 0 Å². The van der Waals surface area contributed by atoms with Gasteiger partial charge >= 0.3 is 0 Å². The first-order chi connectivity index (χ1) is 9.17. The predicted octanol–water partition coefficient (Wildman–Crippen LogP) is 2.64. The maximum absolute atomic E-state index is 9.04. The summed E-state index contributed by atoms with van der Waals surface area (Å²) in [6.45, 7) is 8.45. The molecule has 0 bridgehead atoms. The average molecular weight is 257 g/mol. The maximum Gasteiger partial charge on any atom is 0.0643 e. The number of hydrogen-bond donors (Lipinski definition) is 1. The molecule has 1 aliphatic rings. The van der Waals surface area contributed by atoms with E-state index in [1.807, 2.05) is 0 Å². The van der Waals surface area contributed by atoms with Crippen molar-refractivity contribution in [2.75, 3.05) is 18.0 Å². The molecule has 3 nitrogen and oxygen atoms in total. The van der Waals surface area contributed by atoms with Crippen molar-refractivity contribution < 1.29 is 0 Å². The smallest absolute Gasteiger partial charge is 0.0643 e. The summed E-state index contributed by atoms with van der Waals surface area (Å²) >= 11 is 0. The van der Waals surface area contributed by atoms with Crippen LogP contribution < -0.4 is 10.2 Å². The van der Waals surface area contributed by atoms with E-state index in [9.17, 15) is 0 Å². The fraction of sp³-hybridized carbons (Fsp3) is 0.562. The first-order valence-corrected chi connectivity index (χ1v) is 7.12. The number of anilines is 1. The molecule has 0 radical (unpaired) electrons. The number of hydrogen-bond acceptors (Lipinski definition) is 3. The van der Waals surface area contributed by atoms with Crippen LogP contribution in [0.3, 0.4) is 0 Å². The molecule has 1 aliphatic heterocycles. The zero-order valence-corrected chi connectivity index (χ0v) is 12.1. The Kier molecular flexibility index (Phi) is 4.44. The molecule has 1 aromatic carbocycles. The van der Waals surface area contributed by atoms with E-state index in [1.165, 1.54) is 16.8 Å². The highest BCUT2D eigenvalue weighted by Gasteiger charge is 2.27. The number of benzene rings is 1. The Morgan fingerprint density at radius 3 is 2.95 bits per heavy atom. The quantitative estimate of drug-likeness (QED) is 0.904.